The number of carbonyl (C=O) groups is 2. The lowest BCUT2D eigenvalue weighted by Gasteiger charge is -2.24. The van der Waals surface area contributed by atoms with Crippen LogP contribution in [0.25, 0.3) is 0 Å². The summed E-state index contributed by atoms with van der Waals surface area (Å²) in [4.78, 5) is 32.4. The minimum absolute atomic E-state index is 0.0500. The number of benzene rings is 1. The van der Waals surface area contributed by atoms with E-state index in [4.69, 9.17) is 14.2 Å². The van der Waals surface area contributed by atoms with Crippen LogP contribution >= 0.6 is 0 Å². The Kier molecular flexibility index (Phi) is 4.04. The molecule has 6 rings (SSSR count). The molecule has 1 aromatic carbocycles. The van der Waals surface area contributed by atoms with Gasteiger partial charge in [0.1, 0.15) is 18.8 Å². The second kappa shape index (κ2) is 6.81. The molecule has 2 bridgehead atoms. The molecule has 4 aliphatic rings. The molecule has 2 fully saturated rings. The lowest BCUT2D eigenvalue weighted by molar-refractivity contribution is -0.136. The summed E-state index contributed by atoms with van der Waals surface area (Å²) in [6, 6.07) is 9.08. The molecule has 2 amide bonds. The molecule has 0 radical (unpaired) electrons. The smallest absolute Gasteiger partial charge is 0.231 e. The third-order valence-corrected chi connectivity index (χ3v) is 6.41. The summed E-state index contributed by atoms with van der Waals surface area (Å²) in [5.74, 6) is -0.116. The van der Waals surface area contributed by atoms with E-state index in [9.17, 15) is 9.59 Å². The van der Waals surface area contributed by atoms with E-state index in [1.54, 1.807) is 35.5 Å². The van der Waals surface area contributed by atoms with Gasteiger partial charge < -0.3 is 24.4 Å². The van der Waals surface area contributed by atoms with Crippen molar-refractivity contribution in [2.24, 2.45) is 11.8 Å². The highest BCUT2D eigenvalue weighted by molar-refractivity contribution is 5.99. The maximum Gasteiger partial charge on any atom is 0.231 e. The van der Waals surface area contributed by atoms with Gasteiger partial charge in [0.25, 0.3) is 0 Å². The van der Waals surface area contributed by atoms with Gasteiger partial charge >= 0.3 is 0 Å². The lowest BCUT2D eigenvalue weighted by atomic mass is 9.77. The van der Waals surface area contributed by atoms with Crippen molar-refractivity contribution in [1.82, 2.24) is 9.88 Å². The highest BCUT2D eigenvalue weighted by Crippen LogP contribution is 2.52. The van der Waals surface area contributed by atoms with Gasteiger partial charge in [-0.2, -0.15) is 0 Å². The van der Waals surface area contributed by atoms with E-state index < -0.39 is 23.5 Å². The summed E-state index contributed by atoms with van der Waals surface area (Å²) in [6.07, 6.45) is 6.89. The number of rotatable bonds is 4. The van der Waals surface area contributed by atoms with Crippen molar-refractivity contribution >= 4 is 17.5 Å². The Morgan fingerprint density at radius 3 is 2.81 bits per heavy atom. The average Bonchev–Trinajstić information content (AvgIpc) is 3.43. The number of fused-ring (bicyclic) bond motifs is 2. The Labute approximate surface area is 178 Å². The van der Waals surface area contributed by atoms with Crippen LogP contribution in [0.15, 0.2) is 54.9 Å². The van der Waals surface area contributed by atoms with Gasteiger partial charge in [0, 0.05) is 30.7 Å². The minimum atomic E-state index is -0.733. The zero-order chi connectivity index (χ0) is 21.0. The van der Waals surface area contributed by atoms with E-state index in [1.807, 2.05) is 24.3 Å². The van der Waals surface area contributed by atoms with Gasteiger partial charge in [0.05, 0.1) is 24.5 Å². The normalized spacial score (nSPS) is 29.9. The van der Waals surface area contributed by atoms with Gasteiger partial charge in [0.2, 0.25) is 11.8 Å². The molecule has 4 aliphatic heterocycles. The van der Waals surface area contributed by atoms with E-state index in [0.717, 1.165) is 5.56 Å². The molecule has 1 spiro atoms. The van der Waals surface area contributed by atoms with Crippen molar-refractivity contribution in [3.05, 3.63) is 60.4 Å². The van der Waals surface area contributed by atoms with Crippen molar-refractivity contribution in [3.63, 3.8) is 0 Å². The summed E-state index contributed by atoms with van der Waals surface area (Å²) in [6.45, 7) is 1.89. The van der Waals surface area contributed by atoms with Crippen molar-refractivity contribution < 1.29 is 23.8 Å². The maximum absolute atomic E-state index is 13.3. The Hall–Kier alpha value is -3.39. The van der Waals surface area contributed by atoms with Crippen LogP contribution in [0.4, 0.5) is 5.69 Å². The van der Waals surface area contributed by atoms with Crippen LogP contribution in [0.5, 0.6) is 11.5 Å². The lowest BCUT2D eigenvalue weighted by Crippen LogP contribution is -2.41. The van der Waals surface area contributed by atoms with Crippen molar-refractivity contribution in [3.8, 4) is 11.5 Å². The van der Waals surface area contributed by atoms with E-state index in [-0.39, 0.29) is 11.8 Å². The molecular weight excluding hydrogens is 398 g/mol. The first-order valence-electron chi connectivity index (χ1n) is 10.4. The molecule has 0 aliphatic carbocycles. The summed E-state index contributed by atoms with van der Waals surface area (Å²) >= 11 is 0. The molecule has 1 aromatic heterocycles. The fraction of sp³-hybridized carbons (Fsp3) is 0.348. The van der Waals surface area contributed by atoms with E-state index >= 15 is 0 Å². The van der Waals surface area contributed by atoms with Gasteiger partial charge in [-0.15, -0.1) is 0 Å². The molecule has 4 atom stereocenters. The molecule has 158 valence electrons. The van der Waals surface area contributed by atoms with Gasteiger partial charge in [-0.25, -0.2) is 0 Å². The van der Waals surface area contributed by atoms with Crippen molar-refractivity contribution in [2.75, 3.05) is 25.1 Å². The molecule has 8 nitrogen and oxygen atoms in total. The molecule has 0 unspecified atom stereocenters. The Bertz CT molecular complexity index is 1090. The standard InChI is InChI=1S/C23H21N3O5/c27-21(25-15-1-2-16-18(11-15)30-10-9-29-16)19-17-3-6-23(31-17)13-26(22(28)20(19)23)12-14-4-7-24-8-5-14/h1-8,11,17,19-20H,9-10,12-13H2,(H,25,27)/t17-,19+,20-,23-/m0/s1. The molecule has 8 heteroatoms. The first-order valence-corrected chi connectivity index (χ1v) is 10.4. The van der Waals surface area contributed by atoms with Crippen LogP contribution in [0.1, 0.15) is 5.56 Å². The molecule has 2 saturated heterocycles. The van der Waals surface area contributed by atoms with Gasteiger partial charge in [-0.1, -0.05) is 12.2 Å². The minimum Gasteiger partial charge on any atom is -0.486 e. The average molecular weight is 419 g/mol. The van der Waals surface area contributed by atoms with E-state index in [0.29, 0.717) is 43.5 Å². The van der Waals surface area contributed by atoms with Gasteiger partial charge in [-0.3, -0.25) is 14.6 Å². The number of hydrogen-bond donors (Lipinski definition) is 1. The highest BCUT2D eigenvalue weighted by Gasteiger charge is 2.66. The Balaban J connectivity index is 1.23. The number of ether oxygens (including phenoxy) is 3. The number of carbonyl (C=O) groups excluding carboxylic acids is 2. The molecule has 5 heterocycles. The third kappa shape index (κ3) is 2.90. The van der Waals surface area contributed by atoms with Crippen LogP contribution in [-0.4, -0.2) is 53.2 Å². The highest BCUT2D eigenvalue weighted by atomic mass is 16.6. The predicted octanol–water partition coefficient (Wildman–Crippen LogP) is 1.77. The molecule has 0 saturated carbocycles. The van der Waals surface area contributed by atoms with E-state index in [1.165, 1.54) is 0 Å². The van der Waals surface area contributed by atoms with Crippen molar-refractivity contribution in [2.45, 2.75) is 18.2 Å². The number of likely N-dealkylation sites (tertiary alicyclic amines) is 1. The van der Waals surface area contributed by atoms with Crippen LogP contribution in [0.2, 0.25) is 0 Å². The third-order valence-electron chi connectivity index (χ3n) is 6.41. The van der Waals surface area contributed by atoms with Crippen LogP contribution in [0.3, 0.4) is 0 Å². The molecule has 1 N–H and O–H groups in total. The fourth-order valence-electron chi connectivity index (χ4n) is 5.07. The SMILES string of the molecule is O=C(Nc1ccc2c(c1)OCCO2)[C@@H]1[C@@H]2C=C[C@@]3(CN(Cc4ccncc4)C(=O)[C@H]13)O2. The molecule has 31 heavy (non-hydrogen) atoms. The first kappa shape index (κ1) is 18.4. The Morgan fingerprint density at radius 2 is 1.97 bits per heavy atom. The van der Waals surface area contributed by atoms with Crippen molar-refractivity contribution in [1.29, 1.82) is 0 Å². The second-order valence-corrected chi connectivity index (χ2v) is 8.30. The van der Waals surface area contributed by atoms with Crippen LogP contribution in [0, 0.1) is 11.8 Å². The van der Waals surface area contributed by atoms with Crippen LogP contribution in [-0.2, 0) is 20.9 Å². The van der Waals surface area contributed by atoms with E-state index in [2.05, 4.69) is 10.3 Å². The topological polar surface area (TPSA) is 90.0 Å². The number of nitrogens with zero attached hydrogens (tertiary/aromatic N) is 2. The number of hydrogen-bond acceptors (Lipinski definition) is 6. The zero-order valence-corrected chi connectivity index (χ0v) is 16.7. The first-order chi connectivity index (χ1) is 15.1. The number of anilines is 1. The number of pyridine rings is 1. The zero-order valence-electron chi connectivity index (χ0n) is 16.7. The van der Waals surface area contributed by atoms with Gasteiger partial charge in [-0.05, 0) is 29.8 Å². The fourth-order valence-corrected chi connectivity index (χ4v) is 5.07. The Morgan fingerprint density at radius 1 is 1.16 bits per heavy atom. The van der Waals surface area contributed by atoms with Gasteiger partial charge in [0.15, 0.2) is 11.5 Å². The number of aromatic nitrogens is 1. The maximum atomic E-state index is 13.3. The monoisotopic (exact) mass is 419 g/mol. The largest absolute Gasteiger partial charge is 0.486 e. The summed E-state index contributed by atoms with van der Waals surface area (Å²) in [5, 5.41) is 2.95. The number of nitrogens with one attached hydrogen (secondary N) is 1. The molecule has 2 aromatic rings. The predicted molar refractivity (Wildman–Crippen MR) is 109 cm³/mol. The quantitative estimate of drug-likeness (QED) is 0.760. The number of amides is 2. The summed E-state index contributed by atoms with van der Waals surface area (Å²) in [5.41, 5.74) is 0.869. The van der Waals surface area contributed by atoms with Crippen LogP contribution < -0.4 is 14.8 Å². The summed E-state index contributed by atoms with van der Waals surface area (Å²) < 4.78 is 17.3. The summed E-state index contributed by atoms with van der Waals surface area (Å²) in [7, 11) is 0. The second-order valence-electron chi connectivity index (χ2n) is 8.30. The molecular formula is C23H21N3O5.